The molecule has 0 aliphatic carbocycles. The van der Waals surface area contributed by atoms with Crippen molar-refractivity contribution in [1.29, 1.82) is 0 Å². The Kier molecular flexibility index (Phi) is 7.15. The quantitative estimate of drug-likeness (QED) is 0.451. The minimum absolute atomic E-state index is 0.118. The van der Waals surface area contributed by atoms with Crippen LogP contribution < -0.4 is 15.4 Å². The standard InChI is InChI=1S/C26H28N2O4/c1-5-23(19-9-7-6-8-10-19)28-26(31)22-15-21(11-12-24(22)30)32-25-16(2)13-20(14-17(25)3)27-18(4)29/h6-15,23,30H,5H2,1-4H3,(H,27,29)(H,28,31). The van der Waals surface area contributed by atoms with E-state index in [-0.39, 0.29) is 29.2 Å². The number of rotatable bonds is 7. The first-order chi connectivity index (χ1) is 15.3. The van der Waals surface area contributed by atoms with Gasteiger partial charge < -0.3 is 20.5 Å². The van der Waals surface area contributed by atoms with Crippen molar-refractivity contribution >= 4 is 17.5 Å². The lowest BCUT2D eigenvalue weighted by Crippen LogP contribution is -2.28. The maximum Gasteiger partial charge on any atom is 0.255 e. The molecule has 32 heavy (non-hydrogen) atoms. The Morgan fingerprint density at radius 1 is 1.00 bits per heavy atom. The summed E-state index contributed by atoms with van der Waals surface area (Å²) in [6, 6.07) is 17.8. The van der Waals surface area contributed by atoms with E-state index in [0.717, 1.165) is 16.7 Å². The predicted molar refractivity (Wildman–Crippen MR) is 125 cm³/mol. The highest BCUT2D eigenvalue weighted by Gasteiger charge is 2.18. The molecule has 1 unspecified atom stereocenters. The van der Waals surface area contributed by atoms with Crippen molar-refractivity contribution in [3.63, 3.8) is 0 Å². The van der Waals surface area contributed by atoms with Gasteiger partial charge in [0, 0.05) is 12.6 Å². The van der Waals surface area contributed by atoms with Gasteiger partial charge in [0.15, 0.2) is 0 Å². The minimum Gasteiger partial charge on any atom is -0.507 e. The molecule has 3 aromatic rings. The largest absolute Gasteiger partial charge is 0.507 e. The highest BCUT2D eigenvalue weighted by atomic mass is 16.5. The molecule has 0 aliphatic heterocycles. The Labute approximate surface area is 188 Å². The van der Waals surface area contributed by atoms with E-state index in [1.807, 2.05) is 63.2 Å². The van der Waals surface area contributed by atoms with Gasteiger partial charge in [0.05, 0.1) is 11.6 Å². The zero-order valence-corrected chi connectivity index (χ0v) is 18.7. The van der Waals surface area contributed by atoms with E-state index in [9.17, 15) is 14.7 Å². The number of anilines is 1. The third-order valence-corrected chi connectivity index (χ3v) is 5.13. The Bertz CT molecular complexity index is 1100. The molecule has 1 atom stereocenters. The smallest absolute Gasteiger partial charge is 0.255 e. The normalized spacial score (nSPS) is 11.5. The first kappa shape index (κ1) is 22.9. The summed E-state index contributed by atoms with van der Waals surface area (Å²) in [4.78, 5) is 24.3. The Morgan fingerprint density at radius 3 is 2.25 bits per heavy atom. The number of aromatic hydroxyl groups is 1. The second-order valence-corrected chi connectivity index (χ2v) is 7.75. The van der Waals surface area contributed by atoms with Crippen LogP contribution in [0.1, 0.15) is 53.4 Å². The molecule has 0 aromatic heterocycles. The summed E-state index contributed by atoms with van der Waals surface area (Å²) in [5.74, 6) is 0.420. The molecule has 0 fully saturated rings. The number of hydrogen-bond donors (Lipinski definition) is 3. The number of amides is 2. The molecular weight excluding hydrogens is 404 g/mol. The summed E-state index contributed by atoms with van der Waals surface area (Å²) in [5, 5.41) is 16.1. The van der Waals surface area contributed by atoms with Crippen LogP contribution in [-0.2, 0) is 4.79 Å². The van der Waals surface area contributed by atoms with Gasteiger partial charge in [-0.3, -0.25) is 9.59 Å². The third-order valence-electron chi connectivity index (χ3n) is 5.13. The van der Waals surface area contributed by atoms with Gasteiger partial charge in [-0.15, -0.1) is 0 Å². The highest BCUT2D eigenvalue weighted by Crippen LogP contribution is 2.33. The molecule has 0 radical (unpaired) electrons. The number of hydrogen-bond acceptors (Lipinski definition) is 4. The van der Waals surface area contributed by atoms with Crippen molar-refractivity contribution in [2.75, 3.05) is 5.32 Å². The van der Waals surface area contributed by atoms with Crippen LogP contribution in [0.2, 0.25) is 0 Å². The molecule has 0 spiro atoms. The summed E-state index contributed by atoms with van der Waals surface area (Å²) in [6.07, 6.45) is 0.714. The molecule has 6 nitrogen and oxygen atoms in total. The third kappa shape index (κ3) is 5.46. The lowest BCUT2D eigenvalue weighted by molar-refractivity contribution is -0.114. The second-order valence-electron chi connectivity index (χ2n) is 7.75. The van der Waals surface area contributed by atoms with Gasteiger partial charge in [-0.1, -0.05) is 37.3 Å². The van der Waals surface area contributed by atoms with Crippen molar-refractivity contribution in [1.82, 2.24) is 5.32 Å². The maximum atomic E-state index is 12.9. The Hall–Kier alpha value is -3.80. The number of phenols is 1. The molecular formula is C26H28N2O4. The number of ether oxygens (including phenoxy) is 1. The van der Waals surface area contributed by atoms with Crippen LogP contribution in [0.5, 0.6) is 17.2 Å². The number of nitrogens with one attached hydrogen (secondary N) is 2. The van der Waals surface area contributed by atoms with Crippen molar-refractivity contribution in [3.05, 3.63) is 82.9 Å². The van der Waals surface area contributed by atoms with Crippen LogP contribution in [0.4, 0.5) is 5.69 Å². The van der Waals surface area contributed by atoms with Gasteiger partial charge >= 0.3 is 0 Å². The monoisotopic (exact) mass is 432 g/mol. The number of carbonyl (C=O) groups is 2. The van der Waals surface area contributed by atoms with Crippen molar-refractivity contribution in [2.24, 2.45) is 0 Å². The molecule has 166 valence electrons. The van der Waals surface area contributed by atoms with E-state index < -0.39 is 0 Å². The van der Waals surface area contributed by atoms with Crippen molar-refractivity contribution in [3.8, 4) is 17.2 Å². The predicted octanol–water partition coefficient (Wildman–Crippen LogP) is 5.64. The van der Waals surface area contributed by atoms with Crippen LogP contribution in [0.3, 0.4) is 0 Å². The van der Waals surface area contributed by atoms with E-state index in [4.69, 9.17) is 4.74 Å². The average molecular weight is 433 g/mol. The lowest BCUT2D eigenvalue weighted by atomic mass is 10.0. The van der Waals surface area contributed by atoms with Gasteiger partial charge in [-0.25, -0.2) is 0 Å². The highest BCUT2D eigenvalue weighted by molar-refractivity contribution is 5.97. The van der Waals surface area contributed by atoms with Gasteiger partial charge in [0.25, 0.3) is 5.91 Å². The molecule has 0 bridgehead atoms. The van der Waals surface area contributed by atoms with Gasteiger partial charge in [-0.2, -0.15) is 0 Å². The van der Waals surface area contributed by atoms with Crippen molar-refractivity contribution in [2.45, 2.75) is 40.2 Å². The zero-order chi connectivity index (χ0) is 23.3. The molecule has 2 amide bonds. The fourth-order valence-electron chi connectivity index (χ4n) is 3.61. The average Bonchev–Trinajstić information content (AvgIpc) is 2.75. The molecule has 3 N–H and O–H groups in total. The van der Waals surface area contributed by atoms with Crippen LogP contribution in [0, 0.1) is 13.8 Å². The first-order valence-electron chi connectivity index (χ1n) is 10.5. The number of carbonyl (C=O) groups excluding carboxylic acids is 2. The van der Waals surface area contributed by atoms with Gasteiger partial charge in [0.2, 0.25) is 5.91 Å². The second kappa shape index (κ2) is 10.0. The maximum absolute atomic E-state index is 12.9. The Morgan fingerprint density at radius 2 is 1.66 bits per heavy atom. The van der Waals surface area contributed by atoms with E-state index >= 15 is 0 Å². The molecule has 3 rings (SSSR count). The fraction of sp³-hybridized carbons (Fsp3) is 0.231. The number of aryl methyl sites for hydroxylation is 2. The summed E-state index contributed by atoms with van der Waals surface area (Å²) < 4.78 is 6.06. The number of phenolic OH excluding ortho intramolecular Hbond substituents is 1. The fourth-order valence-corrected chi connectivity index (χ4v) is 3.61. The van der Waals surface area contributed by atoms with Crippen molar-refractivity contribution < 1.29 is 19.4 Å². The van der Waals surface area contributed by atoms with Gasteiger partial charge in [-0.05, 0) is 67.3 Å². The lowest BCUT2D eigenvalue weighted by Gasteiger charge is -2.18. The molecule has 0 heterocycles. The van der Waals surface area contributed by atoms with E-state index in [2.05, 4.69) is 10.6 Å². The summed E-state index contributed by atoms with van der Waals surface area (Å²) in [7, 11) is 0. The molecule has 0 aliphatic rings. The van der Waals surface area contributed by atoms with Crippen LogP contribution >= 0.6 is 0 Å². The van der Waals surface area contributed by atoms with E-state index in [0.29, 0.717) is 23.6 Å². The molecule has 0 saturated carbocycles. The minimum atomic E-state index is -0.377. The van der Waals surface area contributed by atoms with E-state index in [1.54, 1.807) is 6.07 Å². The first-order valence-corrected chi connectivity index (χ1v) is 10.5. The summed E-state index contributed by atoms with van der Waals surface area (Å²) in [5.41, 5.74) is 3.51. The molecule has 3 aromatic carbocycles. The van der Waals surface area contributed by atoms with Crippen LogP contribution in [0.25, 0.3) is 0 Å². The van der Waals surface area contributed by atoms with Crippen LogP contribution in [-0.4, -0.2) is 16.9 Å². The summed E-state index contributed by atoms with van der Waals surface area (Å²) >= 11 is 0. The summed E-state index contributed by atoms with van der Waals surface area (Å²) in [6.45, 7) is 7.22. The zero-order valence-electron chi connectivity index (χ0n) is 18.7. The van der Waals surface area contributed by atoms with E-state index in [1.165, 1.54) is 19.1 Å². The molecule has 6 heteroatoms. The topological polar surface area (TPSA) is 87.7 Å². The molecule has 0 saturated heterocycles. The van der Waals surface area contributed by atoms with Gasteiger partial charge in [0.1, 0.15) is 17.2 Å². The number of benzene rings is 3. The SMILES string of the molecule is CCC(NC(=O)c1cc(Oc2c(C)cc(NC(C)=O)cc2C)ccc1O)c1ccccc1. The van der Waals surface area contributed by atoms with Crippen LogP contribution in [0.15, 0.2) is 60.7 Å². The Balaban J connectivity index is 1.83.